The highest BCUT2D eigenvalue weighted by Gasteiger charge is 2.34. The van der Waals surface area contributed by atoms with Crippen molar-refractivity contribution in [3.05, 3.63) is 45.8 Å². The summed E-state index contributed by atoms with van der Waals surface area (Å²) in [4.78, 5) is 13.8. The number of nitrogens with one attached hydrogen (secondary N) is 1. The SMILES string of the molecule is CCC(C)(C)[C@H]1CCc2c(sc(NC(=O)/C=C\c3ccc(OC)c(OC)c3)c2C#N)C1. The standard InChI is InChI=1S/C25H30N2O3S/c1-6-25(2,3)17-9-10-18-19(15-26)24(31-22(18)14-17)27-23(28)12-8-16-7-11-20(29-4)21(13-16)30-5/h7-8,11-13,17H,6,9-10,14H2,1-5H3,(H,27,28)/b12-8-/t17-/m0/s1. The smallest absolute Gasteiger partial charge is 0.249 e. The molecule has 0 aliphatic heterocycles. The van der Waals surface area contributed by atoms with Crippen molar-refractivity contribution in [2.75, 3.05) is 19.5 Å². The lowest BCUT2D eigenvalue weighted by Gasteiger charge is -2.36. The minimum Gasteiger partial charge on any atom is -0.493 e. The van der Waals surface area contributed by atoms with Gasteiger partial charge in [0, 0.05) is 11.0 Å². The first-order valence-corrected chi connectivity index (χ1v) is 11.4. The van der Waals surface area contributed by atoms with Crippen molar-refractivity contribution < 1.29 is 14.3 Å². The van der Waals surface area contributed by atoms with E-state index in [4.69, 9.17) is 9.47 Å². The third kappa shape index (κ3) is 4.94. The summed E-state index contributed by atoms with van der Waals surface area (Å²) in [6.45, 7) is 6.88. The predicted molar refractivity (Wildman–Crippen MR) is 126 cm³/mol. The first-order valence-electron chi connectivity index (χ1n) is 10.6. The number of hydrogen-bond acceptors (Lipinski definition) is 5. The van der Waals surface area contributed by atoms with E-state index in [2.05, 4.69) is 32.2 Å². The lowest BCUT2D eigenvalue weighted by molar-refractivity contribution is -0.111. The van der Waals surface area contributed by atoms with Crippen LogP contribution in [-0.4, -0.2) is 20.1 Å². The molecular weight excluding hydrogens is 408 g/mol. The average Bonchev–Trinajstić information content (AvgIpc) is 3.13. The van der Waals surface area contributed by atoms with Gasteiger partial charge in [-0.3, -0.25) is 4.79 Å². The number of methoxy groups -OCH3 is 2. The van der Waals surface area contributed by atoms with E-state index in [9.17, 15) is 10.1 Å². The van der Waals surface area contributed by atoms with Crippen molar-refractivity contribution in [3.63, 3.8) is 0 Å². The third-order valence-corrected chi connectivity index (χ3v) is 7.63. The molecule has 1 aliphatic carbocycles. The summed E-state index contributed by atoms with van der Waals surface area (Å²) in [5.41, 5.74) is 2.85. The number of carbonyl (C=O) groups excluding carboxylic acids is 1. The second-order valence-electron chi connectivity index (χ2n) is 8.54. The lowest BCUT2D eigenvalue weighted by Crippen LogP contribution is -2.28. The quantitative estimate of drug-likeness (QED) is 0.552. The molecule has 164 valence electrons. The zero-order valence-electron chi connectivity index (χ0n) is 18.9. The first-order chi connectivity index (χ1) is 14.8. The average molecular weight is 439 g/mol. The molecule has 5 nitrogen and oxygen atoms in total. The molecular formula is C25H30N2O3S. The highest BCUT2D eigenvalue weighted by atomic mass is 32.1. The van der Waals surface area contributed by atoms with Gasteiger partial charge in [-0.25, -0.2) is 0 Å². The molecule has 0 radical (unpaired) electrons. The largest absolute Gasteiger partial charge is 0.493 e. The fraction of sp³-hybridized carbons (Fsp3) is 0.440. The number of anilines is 1. The molecule has 1 heterocycles. The van der Waals surface area contributed by atoms with Crippen LogP contribution in [0.5, 0.6) is 11.5 Å². The van der Waals surface area contributed by atoms with Crippen LogP contribution in [-0.2, 0) is 17.6 Å². The van der Waals surface area contributed by atoms with Crippen LogP contribution in [0.2, 0.25) is 0 Å². The molecule has 1 aromatic carbocycles. The lowest BCUT2D eigenvalue weighted by atomic mass is 9.69. The van der Waals surface area contributed by atoms with Gasteiger partial charge in [-0.2, -0.15) is 5.26 Å². The molecule has 0 spiro atoms. The summed E-state index contributed by atoms with van der Waals surface area (Å²) in [5, 5.41) is 13.3. The van der Waals surface area contributed by atoms with Gasteiger partial charge in [0.1, 0.15) is 11.1 Å². The van der Waals surface area contributed by atoms with Crippen LogP contribution in [0.1, 0.15) is 55.2 Å². The summed E-state index contributed by atoms with van der Waals surface area (Å²) in [5.74, 6) is 1.59. The number of carbonyl (C=O) groups is 1. The van der Waals surface area contributed by atoms with E-state index in [1.165, 1.54) is 11.0 Å². The maximum Gasteiger partial charge on any atom is 0.249 e. The molecule has 1 amide bonds. The third-order valence-electron chi connectivity index (χ3n) is 6.46. The Morgan fingerprint density at radius 1 is 1.32 bits per heavy atom. The van der Waals surface area contributed by atoms with E-state index < -0.39 is 0 Å². The number of benzene rings is 1. The van der Waals surface area contributed by atoms with Crippen LogP contribution in [0.15, 0.2) is 24.3 Å². The number of nitriles is 1. The Morgan fingerprint density at radius 3 is 2.71 bits per heavy atom. The van der Waals surface area contributed by atoms with E-state index in [-0.39, 0.29) is 11.3 Å². The highest BCUT2D eigenvalue weighted by molar-refractivity contribution is 7.16. The second-order valence-corrected chi connectivity index (χ2v) is 9.64. The Hall–Kier alpha value is -2.78. The number of rotatable bonds is 7. The van der Waals surface area contributed by atoms with Gasteiger partial charge in [0.25, 0.3) is 0 Å². The van der Waals surface area contributed by atoms with Gasteiger partial charge in [0.15, 0.2) is 11.5 Å². The Bertz CT molecular complexity index is 1030. The Labute approximate surface area is 188 Å². The van der Waals surface area contributed by atoms with E-state index in [0.29, 0.717) is 28.0 Å². The number of amides is 1. The van der Waals surface area contributed by atoms with Crippen molar-refractivity contribution in [3.8, 4) is 17.6 Å². The van der Waals surface area contributed by atoms with Crippen molar-refractivity contribution >= 4 is 28.3 Å². The number of ether oxygens (including phenoxy) is 2. The maximum absolute atomic E-state index is 12.6. The number of hydrogen-bond donors (Lipinski definition) is 1. The van der Waals surface area contributed by atoms with Gasteiger partial charge in [-0.1, -0.05) is 33.3 Å². The maximum atomic E-state index is 12.6. The van der Waals surface area contributed by atoms with Gasteiger partial charge in [0.05, 0.1) is 19.8 Å². The summed E-state index contributed by atoms with van der Waals surface area (Å²) in [6, 6.07) is 7.78. The molecule has 3 rings (SSSR count). The molecule has 0 unspecified atom stereocenters. The fourth-order valence-corrected chi connectivity index (χ4v) is 5.31. The molecule has 0 saturated heterocycles. The Kier molecular flexibility index (Phi) is 7.07. The zero-order valence-corrected chi connectivity index (χ0v) is 19.7. The van der Waals surface area contributed by atoms with Gasteiger partial charge in [-0.15, -0.1) is 11.3 Å². The fourth-order valence-electron chi connectivity index (χ4n) is 4.03. The normalized spacial score (nSPS) is 15.9. The summed E-state index contributed by atoms with van der Waals surface area (Å²) in [6.07, 6.45) is 7.30. The monoisotopic (exact) mass is 438 g/mol. The molecule has 0 saturated carbocycles. The molecule has 0 bridgehead atoms. The van der Waals surface area contributed by atoms with E-state index in [1.807, 2.05) is 12.1 Å². The number of nitrogens with zero attached hydrogens (tertiary/aromatic N) is 1. The van der Waals surface area contributed by atoms with Crippen molar-refractivity contribution in [2.24, 2.45) is 11.3 Å². The minimum absolute atomic E-state index is 0.254. The zero-order chi connectivity index (χ0) is 22.6. The Morgan fingerprint density at radius 2 is 2.06 bits per heavy atom. The van der Waals surface area contributed by atoms with Gasteiger partial charge in [-0.05, 0) is 59.9 Å². The van der Waals surface area contributed by atoms with E-state index >= 15 is 0 Å². The van der Waals surface area contributed by atoms with Crippen LogP contribution in [0.4, 0.5) is 5.00 Å². The summed E-state index contributed by atoms with van der Waals surface area (Å²) in [7, 11) is 3.16. The predicted octanol–water partition coefficient (Wildman–Crippen LogP) is 5.83. The molecule has 6 heteroatoms. The topological polar surface area (TPSA) is 71.3 Å². The van der Waals surface area contributed by atoms with E-state index in [0.717, 1.165) is 36.8 Å². The van der Waals surface area contributed by atoms with Gasteiger partial charge < -0.3 is 14.8 Å². The molecule has 1 N–H and O–H groups in total. The van der Waals surface area contributed by atoms with Crippen LogP contribution < -0.4 is 14.8 Å². The molecule has 2 aromatic rings. The Balaban J connectivity index is 1.75. The second kappa shape index (κ2) is 9.57. The van der Waals surface area contributed by atoms with Crippen molar-refractivity contribution in [1.29, 1.82) is 5.26 Å². The highest BCUT2D eigenvalue weighted by Crippen LogP contribution is 2.45. The number of fused-ring (bicyclic) bond motifs is 1. The van der Waals surface area contributed by atoms with Crippen LogP contribution >= 0.6 is 11.3 Å². The van der Waals surface area contributed by atoms with Gasteiger partial charge in [0.2, 0.25) is 5.91 Å². The van der Waals surface area contributed by atoms with Crippen LogP contribution in [0.3, 0.4) is 0 Å². The van der Waals surface area contributed by atoms with Crippen LogP contribution in [0, 0.1) is 22.7 Å². The molecule has 31 heavy (non-hydrogen) atoms. The number of thiophene rings is 1. The molecule has 1 atom stereocenters. The molecule has 1 aliphatic rings. The minimum atomic E-state index is -0.254. The van der Waals surface area contributed by atoms with Crippen LogP contribution in [0.25, 0.3) is 6.08 Å². The molecule has 1 aromatic heterocycles. The summed E-state index contributed by atoms with van der Waals surface area (Å²) >= 11 is 1.55. The van der Waals surface area contributed by atoms with Crippen molar-refractivity contribution in [1.82, 2.24) is 0 Å². The van der Waals surface area contributed by atoms with Gasteiger partial charge >= 0.3 is 0 Å². The van der Waals surface area contributed by atoms with Crippen molar-refractivity contribution in [2.45, 2.75) is 46.5 Å². The first kappa shape index (κ1) is 22.9. The van der Waals surface area contributed by atoms with E-state index in [1.54, 1.807) is 37.7 Å². The summed E-state index contributed by atoms with van der Waals surface area (Å²) < 4.78 is 10.5. The molecule has 0 fully saturated rings.